The number of hydrogen-bond acceptors (Lipinski definition) is 4. The van der Waals surface area contributed by atoms with Crippen LogP contribution in [0.5, 0.6) is 0 Å². The van der Waals surface area contributed by atoms with Crippen molar-refractivity contribution in [1.29, 1.82) is 5.26 Å². The molecule has 28 heavy (non-hydrogen) atoms. The molecule has 1 heterocycles. The van der Waals surface area contributed by atoms with E-state index < -0.39 is 18.1 Å². The quantitative estimate of drug-likeness (QED) is 0.731. The van der Waals surface area contributed by atoms with Crippen LogP contribution in [0, 0.1) is 11.3 Å². The van der Waals surface area contributed by atoms with Gasteiger partial charge in [0.1, 0.15) is 6.04 Å². The molecule has 1 saturated heterocycles. The van der Waals surface area contributed by atoms with Crippen LogP contribution in [0.1, 0.15) is 27.9 Å². The Morgan fingerprint density at radius 3 is 2.68 bits per heavy atom. The number of nitrogens with one attached hydrogen (secondary N) is 1. The summed E-state index contributed by atoms with van der Waals surface area (Å²) in [4.78, 5) is 26.9. The topological polar surface area (TPSA) is 93.4 Å². The molecule has 2 amide bonds. The van der Waals surface area contributed by atoms with Gasteiger partial charge in [0.2, 0.25) is 5.91 Å². The third-order valence-electron chi connectivity index (χ3n) is 4.50. The van der Waals surface area contributed by atoms with Gasteiger partial charge in [-0.1, -0.05) is 39.7 Å². The van der Waals surface area contributed by atoms with Crippen molar-refractivity contribution < 1.29 is 14.7 Å². The molecule has 2 unspecified atom stereocenters. The van der Waals surface area contributed by atoms with Gasteiger partial charge in [-0.2, -0.15) is 5.26 Å². The zero-order chi connectivity index (χ0) is 20.3. The maximum atomic E-state index is 12.9. The first-order chi connectivity index (χ1) is 13.4. The van der Waals surface area contributed by atoms with Crippen LogP contribution >= 0.6 is 27.5 Å². The number of β-amino-alcohol motifs (C(OH)–C–C–N with tert-alkyl or cyclic N) is 1. The van der Waals surface area contributed by atoms with E-state index in [4.69, 9.17) is 16.9 Å². The van der Waals surface area contributed by atoms with Crippen LogP contribution in [0.25, 0.3) is 0 Å². The number of aliphatic hydroxyl groups is 1. The number of nitriles is 1. The van der Waals surface area contributed by atoms with Crippen LogP contribution in [-0.2, 0) is 11.3 Å². The molecule has 1 aliphatic heterocycles. The Labute approximate surface area is 175 Å². The predicted molar refractivity (Wildman–Crippen MR) is 108 cm³/mol. The van der Waals surface area contributed by atoms with Crippen molar-refractivity contribution in [3.63, 3.8) is 0 Å². The van der Waals surface area contributed by atoms with E-state index in [2.05, 4.69) is 21.2 Å². The highest BCUT2D eigenvalue weighted by molar-refractivity contribution is 9.10. The Bertz CT molecular complexity index is 943. The summed E-state index contributed by atoms with van der Waals surface area (Å²) >= 11 is 9.14. The number of likely N-dealkylation sites (tertiary alicyclic amines) is 1. The molecule has 0 radical (unpaired) electrons. The van der Waals surface area contributed by atoms with Crippen LogP contribution in [0.2, 0.25) is 5.02 Å². The molecule has 1 fully saturated rings. The number of carbonyl (C=O) groups excluding carboxylic acids is 2. The van der Waals surface area contributed by atoms with Gasteiger partial charge in [-0.05, 0) is 35.9 Å². The second kappa shape index (κ2) is 8.74. The molecule has 2 atom stereocenters. The number of rotatable bonds is 4. The molecule has 144 valence electrons. The van der Waals surface area contributed by atoms with Gasteiger partial charge in [0.05, 0.1) is 17.7 Å². The van der Waals surface area contributed by atoms with E-state index in [1.54, 1.807) is 36.4 Å². The maximum Gasteiger partial charge on any atom is 0.254 e. The van der Waals surface area contributed by atoms with E-state index >= 15 is 0 Å². The number of carbonyl (C=O) groups is 2. The van der Waals surface area contributed by atoms with E-state index in [1.165, 1.54) is 11.0 Å². The fourth-order valence-electron chi connectivity index (χ4n) is 3.14. The minimum atomic E-state index is -0.780. The van der Waals surface area contributed by atoms with Crippen molar-refractivity contribution in [2.75, 3.05) is 6.54 Å². The molecule has 8 heteroatoms. The Morgan fingerprint density at radius 1 is 1.29 bits per heavy atom. The molecular weight excluding hydrogens is 446 g/mol. The first-order valence-corrected chi connectivity index (χ1v) is 9.76. The van der Waals surface area contributed by atoms with Crippen molar-refractivity contribution >= 4 is 39.3 Å². The molecule has 6 nitrogen and oxygen atoms in total. The van der Waals surface area contributed by atoms with Crippen molar-refractivity contribution in [2.24, 2.45) is 0 Å². The number of aliphatic hydroxyl groups excluding tert-OH is 1. The van der Waals surface area contributed by atoms with Crippen molar-refractivity contribution in [1.82, 2.24) is 10.2 Å². The van der Waals surface area contributed by atoms with Gasteiger partial charge in [0.25, 0.3) is 5.91 Å². The average molecular weight is 463 g/mol. The summed E-state index contributed by atoms with van der Waals surface area (Å²) in [5, 5.41) is 22.5. The van der Waals surface area contributed by atoms with E-state index in [-0.39, 0.29) is 24.4 Å². The highest BCUT2D eigenvalue weighted by Gasteiger charge is 2.39. The molecule has 0 spiro atoms. The summed E-state index contributed by atoms with van der Waals surface area (Å²) in [6.45, 7) is 0.354. The lowest BCUT2D eigenvalue weighted by Gasteiger charge is -2.24. The summed E-state index contributed by atoms with van der Waals surface area (Å²) in [6.07, 6.45) is -0.616. The van der Waals surface area contributed by atoms with E-state index in [1.807, 2.05) is 6.07 Å². The van der Waals surface area contributed by atoms with Crippen LogP contribution in [0.3, 0.4) is 0 Å². The zero-order valence-electron chi connectivity index (χ0n) is 14.7. The number of nitrogens with zero attached hydrogens (tertiary/aromatic N) is 2. The molecule has 0 aromatic heterocycles. The van der Waals surface area contributed by atoms with E-state index in [9.17, 15) is 14.7 Å². The number of hydrogen-bond donors (Lipinski definition) is 2. The van der Waals surface area contributed by atoms with Crippen molar-refractivity contribution in [2.45, 2.75) is 25.1 Å². The fourth-order valence-corrected chi connectivity index (χ4v) is 3.76. The van der Waals surface area contributed by atoms with Crippen molar-refractivity contribution in [3.8, 4) is 6.07 Å². The Kier molecular flexibility index (Phi) is 6.35. The number of amides is 2. The lowest BCUT2D eigenvalue weighted by molar-refractivity contribution is -0.125. The third kappa shape index (κ3) is 4.71. The zero-order valence-corrected chi connectivity index (χ0v) is 17.1. The molecule has 2 aromatic rings. The van der Waals surface area contributed by atoms with Crippen LogP contribution in [0.15, 0.2) is 46.9 Å². The second-order valence-corrected chi connectivity index (χ2v) is 7.90. The fraction of sp³-hybridized carbons (Fsp3) is 0.250. The normalized spacial score (nSPS) is 18.6. The van der Waals surface area contributed by atoms with Gasteiger partial charge in [0, 0.05) is 34.6 Å². The summed E-state index contributed by atoms with van der Waals surface area (Å²) in [7, 11) is 0. The molecule has 0 aliphatic carbocycles. The van der Waals surface area contributed by atoms with Gasteiger partial charge in [0.15, 0.2) is 0 Å². The van der Waals surface area contributed by atoms with Gasteiger partial charge in [-0.25, -0.2) is 0 Å². The average Bonchev–Trinajstić information content (AvgIpc) is 3.08. The number of halogens is 2. The minimum absolute atomic E-state index is 0.0618. The molecular formula is C20H17BrClN3O3. The Morgan fingerprint density at radius 2 is 2.00 bits per heavy atom. The molecule has 0 saturated carbocycles. The first kappa shape index (κ1) is 20.3. The molecule has 2 N–H and O–H groups in total. The van der Waals surface area contributed by atoms with Crippen LogP contribution < -0.4 is 5.32 Å². The molecule has 2 aromatic carbocycles. The summed E-state index contributed by atoms with van der Waals surface area (Å²) in [5.41, 5.74) is 1.50. The highest BCUT2D eigenvalue weighted by atomic mass is 79.9. The van der Waals surface area contributed by atoms with Gasteiger partial charge in [-0.15, -0.1) is 0 Å². The number of benzene rings is 2. The first-order valence-electron chi connectivity index (χ1n) is 8.59. The predicted octanol–water partition coefficient (Wildman–Crippen LogP) is 2.87. The lowest BCUT2D eigenvalue weighted by Crippen LogP contribution is -2.45. The summed E-state index contributed by atoms with van der Waals surface area (Å²) in [6, 6.07) is 13.0. The monoisotopic (exact) mass is 461 g/mol. The van der Waals surface area contributed by atoms with Gasteiger partial charge >= 0.3 is 0 Å². The molecule has 3 rings (SSSR count). The SMILES string of the molecule is N#Cc1cc(Br)cc(C(=O)N2CC(O)CC2C(=O)NCc2ccc(Cl)cc2)c1. The van der Waals surface area contributed by atoms with E-state index in [0.29, 0.717) is 21.6 Å². The van der Waals surface area contributed by atoms with Gasteiger partial charge < -0.3 is 15.3 Å². The van der Waals surface area contributed by atoms with Crippen LogP contribution in [-0.4, -0.2) is 40.5 Å². The summed E-state index contributed by atoms with van der Waals surface area (Å²) < 4.78 is 0.596. The lowest BCUT2D eigenvalue weighted by atomic mass is 10.1. The summed E-state index contributed by atoms with van der Waals surface area (Å²) in [5.74, 6) is -0.739. The van der Waals surface area contributed by atoms with Gasteiger partial charge in [-0.3, -0.25) is 9.59 Å². The minimum Gasteiger partial charge on any atom is -0.391 e. The smallest absolute Gasteiger partial charge is 0.254 e. The largest absolute Gasteiger partial charge is 0.391 e. The van der Waals surface area contributed by atoms with E-state index in [0.717, 1.165) is 5.56 Å². The molecule has 0 bridgehead atoms. The standard InChI is InChI=1S/C20H17BrClN3O3/c21-15-6-13(9-23)5-14(7-15)20(28)25-11-17(26)8-18(25)19(27)24-10-12-1-3-16(22)4-2-12/h1-7,17-18,26H,8,10-11H2,(H,24,27). The van der Waals surface area contributed by atoms with Crippen LogP contribution in [0.4, 0.5) is 0 Å². The highest BCUT2D eigenvalue weighted by Crippen LogP contribution is 2.23. The second-order valence-electron chi connectivity index (χ2n) is 6.55. The maximum absolute atomic E-state index is 12.9. The Balaban J connectivity index is 1.74. The molecule has 1 aliphatic rings. The van der Waals surface area contributed by atoms with Crippen molar-refractivity contribution in [3.05, 3.63) is 68.7 Å². The Hall–Kier alpha value is -2.40. The third-order valence-corrected chi connectivity index (χ3v) is 5.21.